The van der Waals surface area contributed by atoms with Gasteiger partial charge in [-0.15, -0.1) is 0 Å². The van der Waals surface area contributed by atoms with Crippen LogP contribution in [-0.4, -0.2) is 12.3 Å². The lowest BCUT2D eigenvalue weighted by molar-refractivity contribution is -0.360. The van der Waals surface area contributed by atoms with Crippen LogP contribution >= 0.6 is 0 Å². The fraction of sp³-hybridized carbons (Fsp3) is 0.188. The van der Waals surface area contributed by atoms with E-state index in [4.69, 9.17) is 0 Å². The molecule has 0 spiro atoms. The summed E-state index contributed by atoms with van der Waals surface area (Å²) in [5, 5.41) is 2.93. The first-order chi connectivity index (χ1) is 10.7. The monoisotopic (exact) mass is 330 g/mol. The summed E-state index contributed by atoms with van der Waals surface area (Å²) in [7, 11) is 0. The Morgan fingerprint density at radius 1 is 0.913 bits per heavy atom. The van der Waals surface area contributed by atoms with E-state index in [9.17, 15) is 22.0 Å². The molecule has 2 aromatic carbocycles. The van der Waals surface area contributed by atoms with Gasteiger partial charge in [-0.2, -0.15) is 22.0 Å². The van der Waals surface area contributed by atoms with Crippen LogP contribution in [-0.2, 0) is 6.54 Å². The number of para-hydroxylation sites is 2. The number of ether oxygens (including phenoxy) is 1. The summed E-state index contributed by atoms with van der Waals surface area (Å²) >= 11 is 0. The zero-order valence-corrected chi connectivity index (χ0v) is 11.8. The molecule has 1 N–H and O–H groups in total. The molecule has 0 heterocycles. The highest BCUT2D eigenvalue weighted by Gasteiger charge is 2.61. The van der Waals surface area contributed by atoms with Crippen molar-refractivity contribution in [3.05, 3.63) is 66.6 Å². The number of anilines is 1. The number of benzene rings is 2. The van der Waals surface area contributed by atoms with E-state index in [0.717, 1.165) is 6.07 Å². The van der Waals surface area contributed by atoms with Gasteiger partial charge in [0.2, 0.25) is 0 Å². The summed E-state index contributed by atoms with van der Waals surface area (Å²) in [5.74, 6) is -0.538. The lowest BCUT2D eigenvalue weighted by atomic mass is 10.1. The standard InChI is InChI=1S/C16H13F5NO/c1-11-6-2-4-8-13(11)22-10-12-7-3-5-9-14(12)23-16(20,21)15(17,18)19/h2-9,22H,1,10H2. The van der Waals surface area contributed by atoms with Crippen LogP contribution in [0.2, 0.25) is 0 Å². The Balaban J connectivity index is 2.17. The SMILES string of the molecule is [CH2]c1ccccc1NCc1ccccc1OC(F)(F)C(F)(F)F. The number of nitrogens with one attached hydrogen (secondary N) is 1. The van der Waals surface area contributed by atoms with Gasteiger partial charge in [0.05, 0.1) is 0 Å². The Kier molecular flexibility index (Phi) is 4.77. The van der Waals surface area contributed by atoms with E-state index in [0.29, 0.717) is 11.3 Å². The number of rotatable bonds is 5. The molecule has 0 atom stereocenters. The molecule has 1 radical (unpaired) electrons. The van der Waals surface area contributed by atoms with E-state index in [-0.39, 0.29) is 12.1 Å². The highest BCUT2D eigenvalue weighted by atomic mass is 19.4. The molecule has 0 aliphatic rings. The zero-order chi connectivity index (χ0) is 17.1. The molecule has 0 saturated carbocycles. The molecule has 2 rings (SSSR count). The molecule has 0 fully saturated rings. The second kappa shape index (κ2) is 6.44. The minimum Gasteiger partial charge on any atom is -0.425 e. The molecule has 0 bridgehead atoms. The molecule has 0 aliphatic carbocycles. The maximum absolute atomic E-state index is 13.0. The van der Waals surface area contributed by atoms with E-state index in [1.807, 2.05) is 0 Å². The second-order valence-corrected chi connectivity index (χ2v) is 4.74. The summed E-state index contributed by atoms with van der Waals surface area (Å²) in [4.78, 5) is 0. The lowest BCUT2D eigenvalue weighted by Crippen LogP contribution is -2.42. The van der Waals surface area contributed by atoms with Crippen molar-refractivity contribution in [1.29, 1.82) is 0 Å². The Morgan fingerprint density at radius 3 is 2.17 bits per heavy atom. The predicted molar refractivity (Wildman–Crippen MR) is 76.3 cm³/mol. The maximum atomic E-state index is 13.0. The predicted octanol–water partition coefficient (Wildman–Crippen LogP) is 5.01. The van der Waals surface area contributed by atoms with Crippen LogP contribution in [0.25, 0.3) is 0 Å². The van der Waals surface area contributed by atoms with Crippen molar-refractivity contribution >= 4 is 5.69 Å². The molecule has 2 nitrogen and oxygen atoms in total. The first-order valence-corrected chi connectivity index (χ1v) is 6.57. The van der Waals surface area contributed by atoms with Crippen LogP contribution in [0, 0.1) is 6.92 Å². The van der Waals surface area contributed by atoms with Crippen molar-refractivity contribution in [2.24, 2.45) is 0 Å². The second-order valence-electron chi connectivity index (χ2n) is 4.74. The molecule has 0 aliphatic heterocycles. The Morgan fingerprint density at radius 2 is 1.52 bits per heavy atom. The van der Waals surface area contributed by atoms with Gasteiger partial charge in [-0.3, -0.25) is 0 Å². The third-order valence-corrected chi connectivity index (χ3v) is 3.03. The van der Waals surface area contributed by atoms with Gasteiger partial charge in [0.15, 0.2) is 0 Å². The van der Waals surface area contributed by atoms with E-state index in [1.165, 1.54) is 18.2 Å². The molecular formula is C16H13F5NO. The number of hydrogen-bond acceptors (Lipinski definition) is 2. The van der Waals surface area contributed by atoms with Crippen molar-refractivity contribution in [2.45, 2.75) is 18.8 Å². The number of hydrogen-bond donors (Lipinski definition) is 1. The largest absolute Gasteiger partial charge is 0.499 e. The minimum atomic E-state index is -5.78. The number of halogens is 5. The Bertz CT molecular complexity index is 670. The summed E-state index contributed by atoms with van der Waals surface area (Å²) in [6.07, 6.45) is -11.0. The molecule has 0 aromatic heterocycles. The van der Waals surface area contributed by atoms with Crippen molar-refractivity contribution in [3.63, 3.8) is 0 Å². The van der Waals surface area contributed by atoms with Gasteiger partial charge in [-0.25, -0.2) is 0 Å². The first-order valence-electron chi connectivity index (χ1n) is 6.57. The fourth-order valence-electron chi connectivity index (χ4n) is 1.83. The van der Waals surface area contributed by atoms with Crippen molar-refractivity contribution in [2.75, 3.05) is 5.32 Å². The van der Waals surface area contributed by atoms with Crippen molar-refractivity contribution < 1.29 is 26.7 Å². The van der Waals surface area contributed by atoms with E-state index in [1.54, 1.807) is 24.3 Å². The zero-order valence-electron chi connectivity index (χ0n) is 11.8. The Labute approximate surface area is 129 Å². The van der Waals surface area contributed by atoms with Gasteiger partial charge < -0.3 is 10.1 Å². The van der Waals surface area contributed by atoms with Gasteiger partial charge >= 0.3 is 12.3 Å². The molecule has 7 heteroatoms. The van der Waals surface area contributed by atoms with Crippen molar-refractivity contribution in [3.8, 4) is 5.75 Å². The van der Waals surface area contributed by atoms with Crippen LogP contribution in [0.15, 0.2) is 48.5 Å². The van der Waals surface area contributed by atoms with Gasteiger partial charge in [-0.05, 0) is 24.6 Å². The van der Waals surface area contributed by atoms with Crippen LogP contribution in [0.5, 0.6) is 5.75 Å². The fourth-order valence-corrected chi connectivity index (χ4v) is 1.83. The van der Waals surface area contributed by atoms with Gasteiger partial charge in [0.25, 0.3) is 0 Å². The third-order valence-electron chi connectivity index (χ3n) is 3.03. The molecule has 0 unspecified atom stereocenters. The molecule has 23 heavy (non-hydrogen) atoms. The summed E-state index contributed by atoms with van der Waals surface area (Å²) in [6, 6.07) is 12.3. The first kappa shape index (κ1) is 17.1. The summed E-state index contributed by atoms with van der Waals surface area (Å²) < 4.78 is 66.8. The van der Waals surface area contributed by atoms with Crippen LogP contribution in [0.3, 0.4) is 0 Å². The topological polar surface area (TPSA) is 21.3 Å². The lowest BCUT2D eigenvalue weighted by Gasteiger charge is -2.22. The third kappa shape index (κ3) is 4.12. The van der Waals surface area contributed by atoms with Gasteiger partial charge in [0.1, 0.15) is 5.75 Å². The quantitative estimate of drug-likeness (QED) is 0.778. The highest BCUT2D eigenvalue weighted by Crippen LogP contribution is 2.38. The highest BCUT2D eigenvalue weighted by molar-refractivity contribution is 5.53. The molecule has 2 aromatic rings. The maximum Gasteiger partial charge on any atom is 0.499 e. The molecule has 123 valence electrons. The average Bonchev–Trinajstić information content (AvgIpc) is 2.46. The van der Waals surface area contributed by atoms with Gasteiger partial charge in [0, 0.05) is 17.8 Å². The Hall–Kier alpha value is -2.31. The van der Waals surface area contributed by atoms with Crippen LogP contribution < -0.4 is 10.1 Å². The summed E-state index contributed by atoms with van der Waals surface area (Å²) in [6.45, 7) is 3.79. The normalized spacial score (nSPS) is 12.1. The van der Waals surface area contributed by atoms with E-state index in [2.05, 4.69) is 17.0 Å². The van der Waals surface area contributed by atoms with Crippen LogP contribution in [0.4, 0.5) is 27.6 Å². The molecular weight excluding hydrogens is 317 g/mol. The summed E-state index contributed by atoms with van der Waals surface area (Å²) in [5.41, 5.74) is 1.48. The molecule has 0 saturated heterocycles. The van der Waals surface area contributed by atoms with E-state index < -0.39 is 18.0 Å². The average molecular weight is 330 g/mol. The van der Waals surface area contributed by atoms with Crippen molar-refractivity contribution in [1.82, 2.24) is 0 Å². The minimum absolute atomic E-state index is 0.0106. The molecule has 0 amide bonds. The van der Waals surface area contributed by atoms with Gasteiger partial charge in [-0.1, -0.05) is 36.4 Å². The van der Waals surface area contributed by atoms with E-state index >= 15 is 0 Å². The smallest absolute Gasteiger partial charge is 0.425 e. The number of alkyl halides is 5. The van der Waals surface area contributed by atoms with Crippen LogP contribution in [0.1, 0.15) is 11.1 Å².